The number of carbonyl (C=O) groups excluding carboxylic acids is 4. The standard InChI is InChI=1S/C17H16N2.2C4H2O3.Pd/c1-14-7-3-5-9-16(14)18-11-12-19(13-18)17-10-6-4-8-15(17)2;2*5-3-1-2-4(6)7-3;/h3-12H,1-2H3;2*1-2H;. The zero-order valence-electron chi connectivity index (χ0n) is 18.2. The Labute approximate surface area is 210 Å². The van der Waals surface area contributed by atoms with Crippen molar-refractivity contribution in [3.8, 4) is 0 Å². The molecule has 0 N–H and O–H groups in total. The van der Waals surface area contributed by atoms with Gasteiger partial charge in [0.15, 0.2) is 0 Å². The summed E-state index contributed by atoms with van der Waals surface area (Å²) in [5.41, 5.74) is 4.81. The van der Waals surface area contributed by atoms with Gasteiger partial charge in [-0.25, -0.2) is 19.2 Å². The van der Waals surface area contributed by atoms with E-state index in [0.717, 1.165) is 35.7 Å². The van der Waals surface area contributed by atoms with Gasteiger partial charge in [0.05, 0.1) is 0 Å². The van der Waals surface area contributed by atoms with Crippen molar-refractivity contribution in [2.45, 2.75) is 13.8 Å². The molecule has 176 valence electrons. The smallest absolute Gasteiger partial charge is 0.338 e. The van der Waals surface area contributed by atoms with Crippen molar-refractivity contribution in [2.24, 2.45) is 0 Å². The third-order valence-corrected chi connectivity index (χ3v) is 4.44. The van der Waals surface area contributed by atoms with E-state index in [1.807, 2.05) is 34.3 Å². The fraction of sp³-hybridized carbons (Fsp3) is 0.0800. The Kier molecular flexibility index (Phi) is 9.68. The van der Waals surface area contributed by atoms with E-state index < -0.39 is 23.9 Å². The predicted molar refractivity (Wildman–Crippen MR) is 120 cm³/mol. The third-order valence-electron chi connectivity index (χ3n) is 4.44. The van der Waals surface area contributed by atoms with Crippen LogP contribution in [0.3, 0.4) is 0 Å². The van der Waals surface area contributed by atoms with Crippen LogP contribution in [0, 0.1) is 20.5 Å². The fourth-order valence-corrected chi connectivity index (χ4v) is 2.86. The molecule has 0 fully saturated rings. The van der Waals surface area contributed by atoms with Gasteiger partial charge in [0.1, 0.15) is 0 Å². The van der Waals surface area contributed by atoms with Crippen LogP contribution in [0.1, 0.15) is 11.1 Å². The summed E-state index contributed by atoms with van der Waals surface area (Å²) in [6, 6.07) is 16.6. The normalized spacial score (nSPS) is 15.2. The number of anilines is 2. The minimum absolute atomic E-state index is 0. The van der Waals surface area contributed by atoms with Crippen molar-refractivity contribution in [2.75, 3.05) is 9.80 Å². The molecule has 0 saturated carbocycles. The van der Waals surface area contributed by atoms with Crippen LogP contribution in [0.2, 0.25) is 0 Å². The van der Waals surface area contributed by atoms with Crippen LogP contribution in [-0.2, 0) is 49.1 Å². The fourth-order valence-electron chi connectivity index (χ4n) is 2.86. The van der Waals surface area contributed by atoms with Crippen molar-refractivity contribution in [3.05, 3.63) is 103 Å². The summed E-state index contributed by atoms with van der Waals surface area (Å²) < 4.78 is 7.94. The molecule has 0 saturated heterocycles. The zero-order valence-corrected chi connectivity index (χ0v) is 19.8. The van der Waals surface area contributed by atoms with Crippen molar-refractivity contribution in [1.29, 1.82) is 0 Å². The first kappa shape index (κ1) is 26.5. The Hall–Kier alpha value is -3.80. The molecule has 5 rings (SSSR count). The number of para-hydroxylation sites is 2. The van der Waals surface area contributed by atoms with Gasteiger partial charge in [-0.05, 0) is 37.1 Å². The average Bonchev–Trinajstić information content (AvgIpc) is 3.52. The molecule has 3 aliphatic heterocycles. The van der Waals surface area contributed by atoms with Crippen LogP contribution in [0.15, 0.2) is 85.2 Å². The van der Waals surface area contributed by atoms with E-state index in [2.05, 4.69) is 66.4 Å². The first-order valence-corrected chi connectivity index (χ1v) is 9.85. The van der Waals surface area contributed by atoms with E-state index in [1.165, 1.54) is 11.1 Å². The number of nitrogens with zero attached hydrogens (tertiary/aromatic N) is 2. The second-order valence-corrected chi connectivity index (χ2v) is 6.86. The Morgan fingerprint density at radius 2 is 0.912 bits per heavy atom. The number of carbonyl (C=O) groups is 4. The van der Waals surface area contributed by atoms with Crippen LogP contribution >= 0.6 is 0 Å². The quantitative estimate of drug-likeness (QED) is 0.319. The maximum absolute atomic E-state index is 9.92. The molecule has 0 atom stereocenters. The Morgan fingerprint density at radius 1 is 0.588 bits per heavy atom. The van der Waals surface area contributed by atoms with Crippen LogP contribution in [0.5, 0.6) is 0 Å². The molecule has 2 aromatic rings. The van der Waals surface area contributed by atoms with E-state index in [9.17, 15) is 19.2 Å². The van der Waals surface area contributed by atoms with Crippen molar-refractivity contribution in [3.63, 3.8) is 0 Å². The largest absolute Gasteiger partial charge is 0.387 e. The topological polar surface area (TPSA) is 93.2 Å². The summed E-state index contributed by atoms with van der Waals surface area (Å²) in [4.78, 5) is 43.8. The molecule has 34 heavy (non-hydrogen) atoms. The minimum atomic E-state index is -0.579. The summed E-state index contributed by atoms with van der Waals surface area (Å²) in [7, 11) is 0. The van der Waals surface area contributed by atoms with Crippen molar-refractivity contribution >= 4 is 35.3 Å². The molecule has 2 aromatic carbocycles. The van der Waals surface area contributed by atoms with Crippen molar-refractivity contribution in [1.82, 2.24) is 0 Å². The maximum Gasteiger partial charge on any atom is 0.338 e. The van der Waals surface area contributed by atoms with Gasteiger partial charge in [0.25, 0.3) is 0 Å². The van der Waals surface area contributed by atoms with Crippen LogP contribution in [0.4, 0.5) is 11.4 Å². The van der Waals surface area contributed by atoms with Gasteiger partial charge >= 0.3 is 23.9 Å². The molecular formula is C25H20N2O6Pd. The monoisotopic (exact) mass is 550 g/mol. The van der Waals surface area contributed by atoms with Gasteiger partial charge in [-0.2, -0.15) is 0 Å². The minimum Gasteiger partial charge on any atom is -0.387 e. The maximum atomic E-state index is 9.92. The van der Waals surface area contributed by atoms with E-state index in [4.69, 9.17) is 0 Å². The first-order valence-electron chi connectivity index (χ1n) is 9.85. The van der Waals surface area contributed by atoms with E-state index in [1.54, 1.807) is 0 Å². The Bertz CT molecular complexity index is 1050. The van der Waals surface area contributed by atoms with Gasteiger partial charge in [-0.3, -0.25) is 0 Å². The molecule has 3 aliphatic rings. The Morgan fingerprint density at radius 3 is 1.18 bits per heavy atom. The molecule has 8 nitrogen and oxygen atoms in total. The molecule has 0 spiro atoms. The van der Waals surface area contributed by atoms with E-state index >= 15 is 0 Å². The summed E-state index contributed by atoms with van der Waals surface area (Å²) >= 11 is 0. The van der Waals surface area contributed by atoms with Crippen LogP contribution in [0.25, 0.3) is 0 Å². The van der Waals surface area contributed by atoms with Crippen LogP contribution < -0.4 is 9.80 Å². The molecule has 2 radical (unpaired) electrons. The molecule has 0 unspecified atom stereocenters. The van der Waals surface area contributed by atoms with Gasteiger partial charge < -0.3 is 19.3 Å². The number of cyclic esters (lactones) is 4. The van der Waals surface area contributed by atoms with Gasteiger partial charge in [-0.1, -0.05) is 36.4 Å². The average molecular weight is 551 g/mol. The number of hydrogen-bond acceptors (Lipinski definition) is 8. The summed E-state index contributed by atoms with van der Waals surface area (Å²) in [5.74, 6) is -2.31. The van der Waals surface area contributed by atoms with Gasteiger partial charge in [0.2, 0.25) is 6.67 Å². The Balaban J connectivity index is 0.000000224. The molecule has 0 bridgehead atoms. The third kappa shape index (κ3) is 7.37. The molecular weight excluding hydrogens is 531 g/mol. The van der Waals surface area contributed by atoms with Crippen LogP contribution in [-0.4, -0.2) is 23.9 Å². The number of esters is 4. The molecule has 3 heterocycles. The zero-order chi connectivity index (χ0) is 23.8. The number of ether oxygens (including phenoxy) is 2. The summed E-state index contributed by atoms with van der Waals surface area (Å²) in [5, 5.41) is 0. The number of aryl methyl sites for hydroxylation is 2. The second kappa shape index (κ2) is 12.4. The van der Waals surface area contributed by atoms with Gasteiger partial charge in [-0.15, -0.1) is 0 Å². The second-order valence-electron chi connectivity index (χ2n) is 6.86. The molecule has 0 aliphatic carbocycles. The number of rotatable bonds is 2. The first-order chi connectivity index (χ1) is 15.8. The molecule has 0 amide bonds. The number of hydrogen-bond donors (Lipinski definition) is 0. The predicted octanol–water partition coefficient (Wildman–Crippen LogP) is 3.35. The number of benzene rings is 2. The van der Waals surface area contributed by atoms with Crippen molar-refractivity contribution < 1.29 is 49.1 Å². The summed E-state index contributed by atoms with van der Waals surface area (Å²) in [6.45, 7) is 7.59. The molecule has 9 heteroatoms. The SMILES string of the molecule is Cc1ccccc1N1[C]N(c2ccccc2C)C=C1.O=C1C=CC(=O)O1.O=C1C=CC(=O)O1.[Pd]. The molecule has 0 aromatic heterocycles. The van der Waals surface area contributed by atoms with E-state index in [-0.39, 0.29) is 20.4 Å². The summed E-state index contributed by atoms with van der Waals surface area (Å²) in [6.07, 6.45) is 8.42. The van der Waals surface area contributed by atoms with Gasteiger partial charge in [0, 0.05) is 68.5 Å². The van der Waals surface area contributed by atoms with E-state index in [0.29, 0.717) is 0 Å².